The van der Waals surface area contributed by atoms with Crippen LogP contribution < -0.4 is 19.1 Å². The Hall–Kier alpha value is -3.78. The predicted molar refractivity (Wildman–Crippen MR) is 155 cm³/mol. The van der Waals surface area contributed by atoms with Gasteiger partial charge in [-0.3, -0.25) is 0 Å². The molecule has 1 atom stereocenters. The molecule has 0 N–H and O–H groups in total. The van der Waals surface area contributed by atoms with Gasteiger partial charge in [0.15, 0.2) is 5.60 Å². The van der Waals surface area contributed by atoms with Gasteiger partial charge >= 0.3 is 6.18 Å². The van der Waals surface area contributed by atoms with Crippen LogP contribution >= 0.6 is 11.8 Å². The van der Waals surface area contributed by atoms with Gasteiger partial charge in [0.1, 0.15) is 17.2 Å². The van der Waals surface area contributed by atoms with Gasteiger partial charge in [-0.25, -0.2) is 0 Å². The third kappa shape index (κ3) is 4.54. The summed E-state index contributed by atoms with van der Waals surface area (Å²) in [4.78, 5) is 2.37. The van der Waals surface area contributed by atoms with Crippen molar-refractivity contribution in [3.63, 3.8) is 0 Å². The number of benzene rings is 4. The van der Waals surface area contributed by atoms with Crippen LogP contribution in [0.3, 0.4) is 0 Å². The van der Waals surface area contributed by atoms with E-state index in [1.165, 1.54) is 13.2 Å². The van der Waals surface area contributed by atoms with Crippen molar-refractivity contribution in [2.75, 3.05) is 43.7 Å². The first-order chi connectivity index (χ1) is 19.3. The first-order valence-corrected chi connectivity index (χ1v) is 14.2. The molecule has 8 heteroatoms. The first-order valence-electron chi connectivity index (χ1n) is 13.0. The van der Waals surface area contributed by atoms with E-state index in [9.17, 15) is 13.2 Å². The van der Waals surface area contributed by atoms with Gasteiger partial charge in [-0.15, -0.1) is 0 Å². The molecule has 4 aromatic rings. The minimum Gasteiger partial charge on any atom is -0.497 e. The largest absolute Gasteiger partial charge is 0.497 e. The SMILES string of the molecule is COc1ccc(C2(c3ccc(OC)c(C(F)(F)F)c3)C=Cc3c(cc(N4CCSCC4)c4ccccc34)O2)cc1. The van der Waals surface area contributed by atoms with Crippen molar-refractivity contribution in [1.82, 2.24) is 0 Å². The Balaban J connectivity index is 1.57. The molecule has 2 aliphatic heterocycles. The first kappa shape index (κ1) is 26.4. The number of ether oxygens (including phenoxy) is 3. The van der Waals surface area contributed by atoms with E-state index in [-0.39, 0.29) is 5.75 Å². The van der Waals surface area contributed by atoms with Gasteiger partial charge in [0.05, 0.1) is 19.8 Å². The molecule has 0 saturated carbocycles. The summed E-state index contributed by atoms with van der Waals surface area (Å²) in [6, 6.07) is 21.6. The molecule has 0 aromatic heterocycles. The lowest BCUT2D eigenvalue weighted by Crippen LogP contribution is -2.35. The Labute approximate surface area is 235 Å². The van der Waals surface area contributed by atoms with Crippen molar-refractivity contribution in [3.8, 4) is 17.2 Å². The second-order valence-electron chi connectivity index (χ2n) is 9.76. The Morgan fingerprint density at radius 1 is 0.850 bits per heavy atom. The lowest BCUT2D eigenvalue weighted by molar-refractivity contribution is -0.138. The second kappa shape index (κ2) is 10.3. The van der Waals surface area contributed by atoms with Crippen LogP contribution in [0.15, 0.2) is 78.9 Å². The average Bonchev–Trinajstić information content (AvgIpc) is 3.00. The number of rotatable bonds is 5. The molecule has 206 valence electrons. The number of alkyl halides is 3. The summed E-state index contributed by atoms with van der Waals surface area (Å²) >= 11 is 1.93. The zero-order valence-corrected chi connectivity index (χ0v) is 22.9. The standard InChI is InChI=1S/C32H28F3NO3S/c1-37-23-10-7-21(8-11-23)31(22-9-12-29(38-2)27(19-22)32(33,34)35)14-13-26-24-5-3-4-6-25(24)28(20-30(26)39-31)36-15-17-40-18-16-36/h3-14,19-20H,15-18H2,1-2H3. The minimum absolute atomic E-state index is 0.238. The van der Waals surface area contributed by atoms with Gasteiger partial charge < -0.3 is 19.1 Å². The van der Waals surface area contributed by atoms with E-state index in [1.807, 2.05) is 54.2 Å². The molecule has 0 aliphatic carbocycles. The van der Waals surface area contributed by atoms with Crippen LogP contribution in [-0.4, -0.2) is 38.8 Å². The van der Waals surface area contributed by atoms with Crippen molar-refractivity contribution < 1.29 is 27.4 Å². The third-order valence-corrected chi connectivity index (χ3v) is 8.53. The summed E-state index contributed by atoms with van der Waals surface area (Å²) in [5, 5.41) is 2.17. The number of methoxy groups -OCH3 is 2. The van der Waals surface area contributed by atoms with Crippen molar-refractivity contribution in [2.45, 2.75) is 11.8 Å². The Kier molecular flexibility index (Phi) is 6.82. The van der Waals surface area contributed by atoms with Gasteiger partial charge in [-0.1, -0.05) is 42.5 Å². The zero-order valence-electron chi connectivity index (χ0n) is 22.1. The summed E-state index contributed by atoms with van der Waals surface area (Å²) in [5.41, 5.74) is 0.824. The van der Waals surface area contributed by atoms with Crippen LogP contribution in [0.1, 0.15) is 22.3 Å². The monoisotopic (exact) mass is 563 g/mol. The second-order valence-corrected chi connectivity index (χ2v) is 11.0. The molecular formula is C32H28F3NO3S. The van der Waals surface area contributed by atoms with Crippen LogP contribution in [0.25, 0.3) is 16.8 Å². The molecular weight excluding hydrogens is 535 g/mol. The molecule has 2 aliphatic rings. The average molecular weight is 564 g/mol. The van der Waals surface area contributed by atoms with Crippen molar-refractivity contribution in [1.29, 1.82) is 0 Å². The molecule has 1 unspecified atom stereocenters. The number of fused-ring (bicyclic) bond motifs is 3. The van der Waals surface area contributed by atoms with Crippen molar-refractivity contribution in [3.05, 3.63) is 101 Å². The Morgan fingerprint density at radius 2 is 1.55 bits per heavy atom. The maximum atomic E-state index is 14.1. The third-order valence-electron chi connectivity index (χ3n) is 7.59. The van der Waals surface area contributed by atoms with Crippen LogP contribution in [0.2, 0.25) is 0 Å². The van der Waals surface area contributed by atoms with Crippen LogP contribution in [0.5, 0.6) is 17.2 Å². The lowest BCUT2D eigenvalue weighted by Gasteiger charge is -2.38. The number of hydrogen-bond acceptors (Lipinski definition) is 5. The predicted octanol–water partition coefficient (Wildman–Crippen LogP) is 7.78. The molecule has 0 spiro atoms. The molecule has 1 fully saturated rings. The number of nitrogens with zero attached hydrogens (tertiary/aromatic N) is 1. The highest BCUT2D eigenvalue weighted by atomic mass is 32.2. The molecule has 6 rings (SSSR count). The number of hydrogen-bond donors (Lipinski definition) is 0. The molecule has 0 radical (unpaired) electrons. The molecule has 4 nitrogen and oxygen atoms in total. The van der Waals surface area contributed by atoms with E-state index >= 15 is 0 Å². The smallest absolute Gasteiger partial charge is 0.419 e. The van der Waals surface area contributed by atoms with Gasteiger partial charge in [0, 0.05) is 58.4 Å². The maximum absolute atomic E-state index is 14.1. The Morgan fingerprint density at radius 3 is 2.23 bits per heavy atom. The fraction of sp³-hybridized carbons (Fsp3) is 0.250. The van der Waals surface area contributed by atoms with E-state index in [4.69, 9.17) is 14.2 Å². The quantitative estimate of drug-likeness (QED) is 0.248. The summed E-state index contributed by atoms with van der Waals surface area (Å²) < 4.78 is 59.6. The van der Waals surface area contributed by atoms with Gasteiger partial charge in [0.25, 0.3) is 0 Å². The summed E-state index contributed by atoms with van der Waals surface area (Å²) in [6.07, 6.45) is -0.782. The fourth-order valence-electron chi connectivity index (χ4n) is 5.56. The number of thioether (sulfide) groups is 1. The topological polar surface area (TPSA) is 30.9 Å². The molecule has 0 bridgehead atoms. The van der Waals surface area contributed by atoms with E-state index in [0.717, 1.165) is 52.7 Å². The summed E-state index contributed by atoms with van der Waals surface area (Å²) in [5.74, 6) is 3.09. The van der Waals surface area contributed by atoms with Crippen LogP contribution in [-0.2, 0) is 11.8 Å². The zero-order chi connectivity index (χ0) is 27.9. The lowest BCUT2D eigenvalue weighted by atomic mass is 9.82. The highest BCUT2D eigenvalue weighted by molar-refractivity contribution is 7.99. The number of halogens is 3. The van der Waals surface area contributed by atoms with E-state index < -0.39 is 17.3 Å². The summed E-state index contributed by atoms with van der Waals surface area (Å²) in [6.45, 7) is 1.83. The van der Waals surface area contributed by atoms with E-state index in [2.05, 4.69) is 17.0 Å². The van der Waals surface area contributed by atoms with E-state index in [0.29, 0.717) is 22.6 Å². The molecule has 0 amide bonds. The number of anilines is 1. The molecule has 40 heavy (non-hydrogen) atoms. The highest BCUT2D eigenvalue weighted by Crippen LogP contribution is 2.48. The van der Waals surface area contributed by atoms with Crippen LogP contribution in [0.4, 0.5) is 18.9 Å². The van der Waals surface area contributed by atoms with Gasteiger partial charge in [0.2, 0.25) is 0 Å². The van der Waals surface area contributed by atoms with Gasteiger partial charge in [-0.05, 0) is 41.8 Å². The highest BCUT2D eigenvalue weighted by Gasteiger charge is 2.41. The van der Waals surface area contributed by atoms with Crippen molar-refractivity contribution >= 4 is 34.3 Å². The van der Waals surface area contributed by atoms with E-state index in [1.54, 1.807) is 25.3 Å². The minimum atomic E-state index is -4.60. The summed E-state index contributed by atoms with van der Waals surface area (Å²) in [7, 11) is 2.81. The maximum Gasteiger partial charge on any atom is 0.419 e. The normalized spacial score (nSPS) is 18.8. The van der Waals surface area contributed by atoms with Gasteiger partial charge in [-0.2, -0.15) is 24.9 Å². The molecule has 4 aromatic carbocycles. The fourth-order valence-corrected chi connectivity index (χ4v) is 6.46. The molecule has 1 saturated heterocycles. The van der Waals surface area contributed by atoms with Crippen molar-refractivity contribution in [2.24, 2.45) is 0 Å². The Bertz CT molecular complexity index is 1580. The molecule has 2 heterocycles. The van der Waals surface area contributed by atoms with Crippen LogP contribution in [0, 0.1) is 0 Å².